The minimum Gasteiger partial charge on any atom is -0.306 e. The lowest BCUT2D eigenvalue weighted by molar-refractivity contribution is 0.583. The first kappa shape index (κ1) is 15.5. The van der Waals surface area contributed by atoms with Gasteiger partial charge >= 0.3 is 0 Å². The topological polar surface area (TPSA) is 12.0 Å². The zero-order valence-electron chi connectivity index (χ0n) is 11.2. The fourth-order valence-corrected chi connectivity index (χ4v) is 2.69. The smallest absolute Gasteiger partial charge is 0.123 e. The van der Waals surface area contributed by atoms with E-state index in [2.05, 4.69) is 28.2 Å². The number of halogens is 3. The zero-order chi connectivity index (χ0) is 14.5. The van der Waals surface area contributed by atoms with Crippen molar-refractivity contribution in [3.05, 3.63) is 68.9 Å². The molecule has 0 aliphatic rings. The number of hydrogen-bond acceptors (Lipinski definition) is 1. The molecule has 0 aromatic heterocycles. The first-order chi connectivity index (χ1) is 9.61. The van der Waals surface area contributed by atoms with Gasteiger partial charge in [-0.05, 0) is 54.4 Å². The molecule has 1 nitrogen and oxygen atoms in total. The Bertz CT molecular complexity index is 571. The molecule has 106 valence electrons. The van der Waals surface area contributed by atoms with Crippen LogP contribution in [-0.4, -0.2) is 6.54 Å². The van der Waals surface area contributed by atoms with Crippen LogP contribution in [0.25, 0.3) is 0 Å². The molecule has 0 aliphatic carbocycles. The summed E-state index contributed by atoms with van der Waals surface area (Å²) in [5.74, 6) is -0.236. The molecular weight excluding hydrogens is 341 g/mol. The van der Waals surface area contributed by atoms with Crippen LogP contribution in [0.15, 0.2) is 46.9 Å². The second kappa shape index (κ2) is 7.21. The quantitative estimate of drug-likeness (QED) is 0.763. The van der Waals surface area contributed by atoms with Gasteiger partial charge in [-0.25, -0.2) is 4.39 Å². The van der Waals surface area contributed by atoms with Gasteiger partial charge in [0.05, 0.1) is 6.04 Å². The zero-order valence-corrected chi connectivity index (χ0v) is 13.5. The van der Waals surface area contributed by atoms with Gasteiger partial charge in [0, 0.05) is 9.50 Å². The number of benzene rings is 2. The summed E-state index contributed by atoms with van der Waals surface area (Å²) in [6.07, 6.45) is 1.01. The maximum atomic E-state index is 13.5. The summed E-state index contributed by atoms with van der Waals surface area (Å²) >= 11 is 9.44. The van der Waals surface area contributed by atoms with Crippen LogP contribution in [0, 0.1) is 5.82 Å². The van der Waals surface area contributed by atoms with Gasteiger partial charge in [0.15, 0.2) is 0 Å². The highest BCUT2D eigenvalue weighted by Gasteiger charge is 2.16. The number of hydrogen-bond donors (Lipinski definition) is 1. The Balaban J connectivity index is 2.41. The summed E-state index contributed by atoms with van der Waals surface area (Å²) in [5.41, 5.74) is 1.95. The molecule has 0 amide bonds. The molecule has 2 aromatic carbocycles. The predicted molar refractivity (Wildman–Crippen MR) is 85.7 cm³/mol. The third kappa shape index (κ3) is 3.81. The first-order valence-electron chi connectivity index (χ1n) is 6.55. The molecule has 0 spiro atoms. The Morgan fingerprint density at radius 2 is 1.90 bits per heavy atom. The van der Waals surface area contributed by atoms with Crippen LogP contribution in [0.5, 0.6) is 0 Å². The number of nitrogens with one attached hydrogen (secondary N) is 1. The summed E-state index contributed by atoms with van der Waals surface area (Å²) in [6.45, 7) is 2.96. The Kier molecular flexibility index (Phi) is 5.58. The van der Waals surface area contributed by atoms with Gasteiger partial charge in [-0.2, -0.15) is 0 Å². The van der Waals surface area contributed by atoms with Crippen molar-refractivity contribution >= 4 is 27.5 Å². The van der Waals surface area contributed by atoms with E-state index >= 15 is 0 Å². The molecule has 20 heavy (non-hydrogen) atoms. The molecule has 1 atom stereocenters. The maximum absolute atomic E-state index is 13.5. The average molecular weight is 357 g/mol. The van der Waals surface area contributed by atoms with Crippen LogP contribution in [0.1, 0.15) is 30.5 Å². The molecule has 0 bridgehead atoms. The molecule has 4 heteroatoms. The third-order valence-corrected chi connectivity index (χ3v) is 4.04. The van der Waals surface area contributed by atoms with Gasteiger partial charge in [0.1, 0.15) is 5.82 Å². The second-order valence-corrected chi connectivity index (χ2v) is 5.90. The van der Waals surface area contributed by atoms with Gasteiger partial charge in [-0.1, -0.05) is 46.6 Å². The van der Waals surface area contributed by atoms with E-state index in [1.165, 1.54) is 6.07 Å². The van der Waals surface area contributed by atoms with Crippen LogP contribution < -0.4 is 5.32 Å². The van der Waals surface area contributed by atoms with E-state index < -0.39 is 0 Å². The van der Waals surface area contributed by atoms with Crippen molar-refractivity contribution in [2.75, 3.05) is 6.54 Å². The summed E-state index contributed by atoms with van der Waals surface area (Å²) in [6, 6.07) is 12.3. The molecular formula is C16H16BrClFN. The van der Waals surface area contributed by atoms with Crippen LogP contribution in [0.4, 0.5) is 4.39 Å². The van der Waals surface area contributed by atoms with Crippen molar-refractivity contribution < 1.29 is 4.39 Å². The highest BCUT2D eigenvalue weighted by atomic mass is 79.9. The van der Waals surface area contributed by atoms with Gasteiger partial charge in [0.2, 0.25) is 0 Å². The Morgan fingerprint density at radius 3 is 2.55 bits per heavy atom. The van der Waals surface area contributed by atoms with Crippen LogP contribution in [0.2, 0.25) is 5.02 Å². The van der Waals surface area contributed by atoms with E-state index in [0.29, 0.717) is 5.02 Å². The largest absolute Gasteiger partial charge is 0.306 e. The van der Waals surface area contributed by atoms with E-state index in [1.807, 2.05) is 24.3 Å². The number of rotatable bonds is 5. The van der Waals surface area contributed by atoms with Gasteiger partial charge in [-0.15, -0.1) is 0 Å². The van der Waals surface area contributed by atoms with E-state index in [9.17, 15) is 4.39 Å². The molecule has 0 aliphatic heterocycles. The van der Waals surface area contributed by atoms with Gasteiger partial charge < -0.3 is 5.32 Å². The standard InChI is InChI=1S/C16H16BrClFN/c1-2-9-20-16(11-3-5-12(18)6-4-11)14-10-13(19)7-8-15(14)17/h3-8,10,16,20H,2,9H2,1H3. The summed E-state index contributed by atoms with van der Waals surface area (Å²) < 4.78 is 14.4. The maximum Gasteiger partial charge on any atom is 0.123 e. The lowest BCUT2D eigenvalue weighted by Crippen LogP contribution is -2.23. The minimum atomic E-state index is -0.236. The Hall–Kier alpha value is -0.900. The van der Waals surface area contributed by atoms with Crippen LogP contribution in [0.3, 0.4) is 0 Å². The fraction of sp³-hybridized carbons (Fsp3) is 0.250. The van der Waals surface area contributed by atoms with Crippen LogP contribution >= 0.6 is 27.5 Å². The van der Waals surface area contributed by atoms with Crippen molar-refractivity contribution in [3.63, 3.8) is 0 Å². The lowest BCUT2D eigenvalue weighted by atomic mass is 9.98. The Labute approximate surface area is 132 Å². The molecule has 0 saturated heterocycles. The second-order valence-electron chi connectivity index (χ2n) is 4.60. The summed E-state index contributed by atoms with van der Waals surface area (Å²) in [7, 11) is 0. The molecule has 0 heterocycles. The Morgan fingerprint density at radius 1 is 1.20 bits per heavy atom. The van der Waals surface area contributed by atoms with E-state index in [4.69, 9.17) is 11.6 Å². The molecule has 0 fully saturated rings. The normalized spacial score (nSPS) is 12.4. The first-order valence-corrected chi connectivity index (χ1v) is 7.72. The lowest BCUT2D eigenvalue weighted by Gasteiger charge is -2.21. The molecule has 1 N–H and O–H groups in total. The van der Waals surface area contributed by atoms with Crippen molar-refractivity contribution in [2.45, 2.75) is 19.4 Å². The van der Waals surface area contributed by atoms with Crippen molar-refractivity contribution in [1.82, 2.24) is 5.32 Å². The van der Waals surface area contributed by atoms with E-state index in [-0.39, 0.29) is 11.9 Å². The van der Waals surface area contributed by atoms with E-state index in [0.717, 1.165) is 28.6 Å². The van der Waals surface area contributed by atoms with Crippen molar-refractivity contribution in [3.8, 4) is 0 Å². The molecule has 2 aromatic rings. The third-order valence-electron chi connectivity index (χ3n) is 3.07. The summed E-state index contributed by atoms with van der Waals surface area (Å²) in [5, 5.41) is 4.15. The van der Waals surface area contributed by atoms with Gasteiger partial charge in [0.25, 0.3) is 0 Å². The highest BCUT2D eigenvalue weighted by Crippen LogP contribution is 2.30. The molecule has 0 saturated carbocycles. The highest BCUT2D eigenvalue weighted by molar-refractivity contribution is 9.10. The average Bonchev–Trinajstić information content (AvgIpc) is 2.44. The van der Waals surface area contributed by atoms with Crippen molar-refractivity contribution in [2.24, 2.45) is 0 Å². The molecule has 0 radical (unpaired) electrons. The van der Waals surface area contributed by atoms with Gasteiger partial charge in [-0.3, -0.25) is 0 Å². The van der Waals surface area contributed by atoms with E-state index in [1.54, 1.807) is 12.1 Å². The van der Waals surface area contributed by atoms with Crippen molar-refractivity contribution in [1.29, 1.82) is 0 Å². The monoisotopic (exact) mass is 355 g/mol. The molecule has 1 unspecified atom stereocenters. The molecule has 2 rings (SSSR count). The fourth-order valence-electron chi connectivity index (χ4n) is 2.09. The predicted octanol–water partition coefficient (Wildman–Crippen LogP) is 5.33. The SMILES string of the molecule is CCCNC(c1ccc(Cl)cc1)c1cc(F)ccc1Br. The summed E-state index contributed by atoms with van der Waals surface area (Å²) in [4.78, 5) is 0. The minimum absolute atomic E-state index is 0.0581. The van der Waals surface area contributed by atoms with Crippen LogP contribution in [-0.2, 0) is 0 Å².